The maximum absolute atomic E-state index is 11.8. The number of amides is 1. The molecule has 0 fully saturated rings. The number of carbonyl (C=O) groups excluding carboxylic acids is 1. The quantitative estimate of drug-likeness (QED) is 0.839. The fourth-order valence-corrected chi connectivity index (χ4v) is 1.52. The van der Waals surface area contributed by atoms with E-state index in [0.717, 1.165) is 11.4 Å². The van der Waals surface area contributed by atoms with Gasteiger partial charge in [-0.3, -0.25) is 4.79 Å². The van der Waals surface area contributed by atoms with Crippen molar-refractivity contribution >= 4 is 27.5 Å². The molecule has 1 atom stereocenters. The molecule has 0 bridgehead atoms. The summed E-state index contributed by atoms with van der Waals surface area (Å²) in [6.45, 7) is 7.96. The highest BCUT2D eigenvalue weighted by Crippen LogP contribution is 2.19. The summed E-state index contributed by atoms with van der Waals surface area (Å²) in [4.78, 5) is 11.7. The Morgan fingerprint density at radius 3 is 2.17 bits per heavy atom. The number of hydrogen-bond donors (Lipinski definition) is 1. The van der Waals surface area contributed by atoms with E-state index in [0.29, 0.717) is 0 Å². The van der Waals surface area contributed by atoms with E-state index in [2.05, 4.69) is 21.2 Å². The van der Waals surface area contributed by atoms with Crippen molar-refractivity contribution in [3.63, 3.8) is 0 Å². The summed E-state index contributed by atoms with van der Waals surface area (Å²) in [5, 5.41) is 2.86. The minimum atomic E-state index is -0.177. The number of anilines is 1. The topological polar surface area (TPSA) is 38.3 Å². The molecule has 1 N–H and O–H groups in total. The van der Waals surface area contributed by atoms with Crippen LogP contribution in [-0.4, -0.2) is 16.8 Å². The first kappa shape index (κ1) is 15.0. The van der Waals surface area contributed by atoms with Crippen LogP contribution in [0, 0.1) is 5.92 Å². The molecule has 1 aromatic carbocycles. The number of rotatable bonds is 5. The Morgan fingerprint density at radius 2 is 1.72 bits per heavy atom. The molecule has 0 aromatic heterocycles. The molecule has 0 spiro atoms. The zero-order chi connectivity index (χ0) is 13.7. The van der Waals surface area contributed by atoms with E-state index in [4.69, 9.17) is 4.74 Å². The van der Waals surface area contributed by atoms with Crippen LogP contribution in [0.5, 0.6) is 5.75 Å². The van der Waals surface area contributed by atoms with Crippen molar-refractivity contribution in [3.8, 4) is 5.75 Å². The standard InChI is InChI=1S/C14H20BrNO2/c1-9(2)13(15)14(17)16-11-5-7-12(8-6-11)18-10(3)4/h5-10,13H,1-4H3,(H,16,17). The van der Waals surface area contributed by atoms with Crippen LogP contribution in [0.1, 0.15) is 27.7 Å². The largest absolute Gasteiger partial charge is 0.491 e. The molecule has 100 valence electrons. The van der Waals surface area contributed by atoms with Crippen LogP contribution in [0.3, 0.4) is 0 Å². The molecular weight excluding hydrogens is 294 g/mol. The molecule has 1 amide bonds. The number of carbonyl (C=O) groups is 1. The molecule has 1 rings (SSSR count). The van der Waals surface area contributed by atoms with Crippen LogP contribution in [0.15, 0.2) is 24.3 Å². The Morgan fingerprint density at radius 1 is 1.17 bits per heavy atom. The summed E-state index contributed by atoms with van der Waals surface area (Å²) < 4.78 is 5.54. The number of alkyl halides is 1. The molecule has 18 heavy (non-hydrogen) atoms. The summed E-state index contributed by atoms with van der Waals surface area (Å²) in [7, 11) is 0. The Hall–Kier alpha value is -1.03. The van der Waals surface area contributed by atoms with Crippen LogP contribution in [0.2, 0.25) is 0 Å². The fourth-order valence-electron chi connectivity index (χ4n) is 1.40. The van der Waals surface area contributed by atoms with Gasteiger partial charge >= 0.3 is 0 Å². The maximum atomic E-state index is 11.8. The van der Waals surface area contributed by atoms with Crippen LogP contribution in [0.4, 0.5) is 5.69 Å². The minimum absolute atomic E-state index is 0.0254. The minimum Gasteiger partial charge on any atom is -0.491 e. The smallest absolute Gasteiger partial charge is 0.238 e. The molecule has 0 saturated carbocycles. The molecule has 3 nitrogen and oxygen atoms in total. The van der Waals surface area contributed by atoms with Gasteiger partial charge in [0.25, 0.3) is 0 Å². The third-order valence-electron chi connectivity index (χ3n) is 2.33. The third kappa shape index (κ3) is 4.69. The van der Waals surface area contributed by atoms with Gasteiger partial charge in [-0.25, -0.2) is 0 Å². The average Bonchev–Trinajstić information content (AvgIpc) is 2.29. The molecule has 0 aliphatic carbocycles. The summed E-state index contributed by atoms with van der Waals surface area (Å²) in [6.07, 6.45) is 0.151. The van der Waals surface area contributed by atoms with E-state index in [9.17, 15) is 4.79 Å². The van der Waals surface area contributed by atoms with Crippen molar-refractivity contribution in [1.29, 1.82) is 0 Å². The molecule has 0 heterocycles. The molecule has 0 aliphatic heterocycles. The lowest BCUT2D eigenvalue weighted by Crippen LogP contribution is -2.26. The first-order chi connectivity index (χ1) is 8.40. The highest BCUT2D eigenvalue weighted by Gasteiger charge is 2.18. The summed E-state index contributed by atoms with van der Waals surface area (Å²) in [5.74, 6) is 1.04. The van der Waals surface area contributed by atoms with E-state index >= 15 is 0 Å². The van der Waals surface area contributed by atoms with E-state index in [1.807, 2.05) is 52.0 Å². The van der Waals surface area contributed by atoms with Gasteiger partial charge in [0.2, 0.25) is 5.91 Å². The number of ether oxygens (including phenoxy) is 1. The van der Waals surface area contributed by atoms with Crippen molar-refractivity contribution in [2.45, 2.75) is 38.6 Å². The van der Waals surface area contributed by atoms with Gasteiger partial charge in [-0.15, -0.1) is 0 Å². The fraction of sp³-hybridized carbons (Fsp3) is 0.500. The van der Waals surface area contributed by atoms with Crippen molar-refractivity contribution in [2.24, 2.45) is 5.92 Å². The summed E-state index contributed by atoms with van der Waals surface area (Å²) in [6, 6.07) is 7.40. The Labute approximate surface area is 117 Å². The SMILES string of the molecule is CC(C)Oc1ccc(NC(=O)C(Br)C(C)C)cc1. The Bertz CT molecular complexity index is 387. The van der Waals surface area contributed by atoms with Gasteiger partial charge in [0.15, 0.2) is 0 Å². The van der Waals surface area contributed by atoms with Crippen LogP contribution in [0.25, 0.3) is 0 Å². The van der Waals surface area contributed by atoms with Gasteiger partial charge in [-0.1, -0.05) is 29.8 Å². The van der Waals surface area contributed by atoms with Gasteiger partial charge in [0.1, 0.15) is 5.75 Å². The van der Waals surface area contributed by atoms with Gasteiger partial charge in [-0.2, -0.15) is 0 Å². The highest BCUT2D eigenvalue weighted by atomic mass is 79.9. The molecule has 4 heteroatoms. The molecule has 1 unspecified atom stereocenters. The number of benzene rings is 1. The van der Waals surface area contributed by atoms with Gasteiger partial charge in [-0.05, 0) is 44.0 Å². The van der Waals surface area contributed by atoms with Crippen molar-refractivity contribution < 1.29 is 9.53 Å². The Kier molecular flexibility index (Phi) is 5.66. The number of nitrogens with one attached hydrogen (secondary N) is 1. The van der Waals surface area contributed by atoms with E-state index in [-0.39, 0.29) is 22.8 Å². The molecule has 0 aliphatic rings. The molecule has 1 aromatic rings. The second kappa shape index (κ2) is 6.78. The second-order valence-corrected chi connectivity index (χ2v) is 5.81. The zero-order valence-corrected chi connectivity index (χ0v) is 12.8. The first-order valence-corrected chi connectivity index (χ1v) is 7.03. The highest BCUT2D eigenvalue weighted by molar-refractivity contribution is 9.10. The predicted octanol–water partition coefficient (Wildman–Crippen LogP) is 3.83. The second-order valence-electron chi connectivity index (χ2n) is 4.83. The normalized spacial score (nSPS) is 12.6. The van der Waals surface area contributed by atoms with E-state index in [1.165, 1.54) is 0 Å². The first-order valence-electron chi connectivity index (χ1n) is 6.11. The lowest BCUT2D eigenvalue weighted by molar-refractivity contribution is -0.116. The van der Waals surface area contributed by atoms with Crippen LogP contribution >= 0.6 is 15.9 Å². The third-order valence-corrected chi connectivity index (χ3v) is 3.80. The zero-order valence-electron chi connectivity index (χ0n) is 11.2. The lowest BCUT2D eigenvalue weighted by atomic mass is 10.1. The van der Waals surface area contributed by atoms with Crippen molar-refractivity contribution in [2.75, 3.05) is 5.32 Å². The average molecular weight is 314 g/mol. The summed E-state index contributed by atoms with van der Waals surface area (Å²) >= 11 is 3.38. The van der Waals surface area contributed by atoms with Crippen molar-refractivity contribution in [1.82, 2.24) is 0 Å². The summed E-state index contributed by atoms with van der Waals surface area (Å²) in [5.41, 5.74) is 0.779. The number of hydrogen-bond acceptors (Lipinski definition) is 2. The molecule has 0 radical (unpaired) electrons. The van der Waals surface area contributed by atoms with Gasteiger partial charge in [0.05, 0.1) is 10.9 Å². The maximum Gasteiger partial charge on any atom is 0.238 e. The molecule has 0 saturated heterocycles. The van der Waals surface area contributed by atoms with Crippen LogP contribution < -0.4 is 10.1 Å². The monoisotopic (exact) mass is 313 g/mol. The van der Waals surface area contributed by atoms with Crippen molar-refractivity contribution in [3.05, 3.63) is 24.3 Å². The Balaban J connectivity index is 2.61. The number of halogens is 1. The molecular formula is C14H20BrNO2. The van der Waals surface area contributed by atoms with E-state index in [1.54, 1.807) is 0 Å². The van der Waals surface area contributed by atoms with Gasteiger partial charge < -0.3 is 10.1 Å². The van der Waals surface area contributed by atoms with E-state index < -0.39 is 0 Å². The van der Waals surface area contributed by atoms with Crippen LogP contribution in [-0.2, 0) is 4.79 Å². The lowest BCUT2D eigenvalue weighted by Gasteiger charge is -2.14. The predicted molar refractivity (Wildman–Crippen MR) is 78.4 cm³/mol. The van der Waals surface area contributed by atoms with Gasteiger partial charge in [0, 0.05) is 5.69 Å².